The van der Waals surface area contributed by atoms with E-state index < -0.39 is 6.04 Å². The van der Waals surface area contributed by atoms with Crippen LogP contribution in [-0.4, -0.2) is 43.7 Å². The number of hydrogen-bond donors (Lipinski definition) is 1. The highest BCUT2D eigenvalue weighted by Crippen LogP contribution is 2.11. The highest BCUT2D eigenvalue weighted by Gasteiger charge is 2.29. The highest BCUT2D eigenvalue weighted by molar-refractivity contribution is 5.76. The zero-order chi connectivity index (χ0) is 11.3. The summed E-state index contributed by atoms with van der Waals surface area (Å²) in [6.45, 7) is 6.25. The van der Waals surface area contributed by atoms with E-state index in [1.54, 1.807) is 6.92 Å². The van der Waals surface area contributed by atoms with Crippen LogP contribution in [0.5, 0.6) is 0 Å². The molecule has 0 aromatic carbocycles. The molecule has 0 unspecified atom stereocenters. The van der Waals surface area contributed by atoms with Gasteiger partial charge in [0.15, 0.2) is 0 Å². The normalized spacial score (nSPS) is 15.7. The van der Waals surface area contributed by atoms with Crippen LogP contribution >= 0.6 is 0 Å². The molecule has 2 N–H and O–H groups in total. The van der Waals surface area contributed by atoms with Crippen LogP contribution in [0.4, 0.5) is 0 Å². The van der Waals surface area contributed by atoms with Crippen LogP contribution in [0.15, 0.2) is 0 Å². The van der Waals surface area contributed by atoms with E-state index in [1.165, 1.54) is 0 Å². The van der Waals surface area contributed by atoms with Crippen molar-refractivity contribution in [2.75, 3.05) is 20.7 Å². The second-order valence-electron chi connectivity index (χ2n) is 3.98. The number of esters is 1. The van der Waals surface area contributed by atoms with E-state index in [1.807, 2.05) is 32.8 Å². The maximum atomic E-state index is 11.4. The fourth-order valence-electron chi connectivity index (χ4n) is 1.71. The Labute approximate surface area is 86.4 Å². The lowest BCUT2D eigenvalue weighted by Crippen LogP contribution is -2.52. The van der Waals surface area contributed by atoms with E-state index in [4.69, 9.17) is 10.5 Å². The lowest BCUT2D eigenvalue weighted by molar-refractivity contribution is -0.146. The molecule has 84 valence electrons. The van der Waals surface area contributed by atoms with Crippen LogP contribution in [0, 0.1) is 5.92 Å². The largest absolute Gasteiger partial charge is 0.465 e. The third-order valence-electron chi connectivity index (χ3n) is 2.21. The van der Waals surface area contributed by atoms with Gasteiger partial charge in [0.2, 0.25) is 0 Å². The molecule has 0 heterocycles. The number of rotatable bonds is 5. The van der Waals surface area contributed by atoms with Gasteiger partial charge in [-0.05, 0) is 26.9 Å². The lowest BCUT2D eigenvalue weighted by Gasteiger charge is -2.31. The summed E-state index contributed by atoms with van der Waals surface area (Å²) < 4.78 is 4.89. The van der Waals surface area contributed by atoms with E-state index in [0.717, 1.165) is 0 Å². The second kappa shape index (κ2) is 5.98. The minimum Gasteiger partial charge on any atom is -0.465 e. The number of nitrogens with two attached hydrogens (primary N) is 1. The van der Waals surface area contributed by atoms with Crippen molar-refractivity contribution in [3.8, 4) is 0 Å². The summed E-state index contributed by atoms with van der Waals surface area (Å²) in [5, 5.41) is 0. The molecule has 0 aliphatic heterocycles. The van der Waals surface area contributed by atoms with Crippen molar-refractivity contribution in [1.82, 2.24) is 4.90 Å². The van der Waals surface area contributed by atoms with Gasteiger partial charge in [-0.15, -0.1) is 0 Å². The van der Waals surface area contributed by atoms with Crippen molar-refractivity contribution in [1.29, 1.82) is 0 Å². The standard InChI is InChI=1S/C10H22N2O2/c1-6-14-10(13)8(11)9(7(2)3)12(4)5/h7-9H,6,11H2,1-5H3/t8-,9-/m1/s1. The molecule has 0 bridgehead atoms. The number of nitrogens with zero attached hydrogens (tertiary/aromatic N) is 1. The second-order valence-corrected chi connectivity index (χ2v) is 3.98. The van der Waals surface area contributed by atoms with E-state index in [-0.39, 0.29) is 12.0 Å². The first-order chi connectivity index (χ1) is 6.41. The molecular weight excluding hydrogens is 180 g/mol. The molecule has 2 atom stereocenters. The van der Waals surface area contributed by atoms with Gasteiger partial charge in [-0.2, -0.15) is 0 Å². The fourth-order valence-corrected chi connectivity index (χ4v) is 1.71. The van der Waals surface area contributed by atoms with Gasteiger partial charge in [0.1, 0.15) is 6.04 Å². The smallest absolute Gasteiger partial charge is 0.324 e. The molecule has 0 rings (SSSR count). The predicted molar refractivity (Wildman–Crippen MR) is 56.9 cm³/mol. The molecule has 0 radical (unpaired) electrons. The summed E-state index contributed by atoms with van der Waals surface area (Å²) in [5.41, 5.74) is 5.83. The lowest BCUT2D eigenvalue weighted by atomic mass is 9.96. The van der Waals surface area contributed by atoms with Crippen molar-refractivity contribution in [2.24, 2.45) is 11.7 Å². The Morgan fingerprint density at radius 3 is 2.21 bits per heavy atom. The maximum Gasteiger partial charge on any atom is 0.324 e. The molecule has 4 heteroatoms. The third-order valence-corrected chi connectivity index (χ3v) is 2.21. The summed E-state index contributed by atoms with van der Waals surface area (Å²) in [4.78, 5) is 13.4. The van der Waals surface area contributed by atoms with Gasteiger partial charge in [-0.25, -0.2) is 0 Å². The molecule has 0 fully saturated rings. The van der Waals surface area contributed by atoms with Crippen molar-refractivity contribution in [3.05, 3.63) is 0 Å². The summed E-state index contributed by atoms with van der Waals surface area (Å²) in [6, 6.07) is -0.543. The zero-order valence-electron chi connectivity index (χ0n) is 9.78. The molecule has 0 amide bonds. The van der Waals surface area contributed by atoms with Crippen molar-refractivity contribution < 1.29 is 9.53 Å². The number of carbonyl (C=O) groups excluding carboxylic acids is 1. The predicted octanol–water partition coefficient (Wildman–Crippen LogP) is 0.463. The van der Waals surface area contributed by atoms with Crippen LogP contribution in [0.1, 0.15) is 20.8 Å². The molecular formula is C10H22N2O2. The summed E-state index contributed by atoms with van der Waals surface area (Å²) in [5.74, 6) is 0.00399. The molecule has 0 aliphatic carbocycles. The number of ether oxygens (including phenoxy) is 1. The van der Waals surface area contributed by atoms with Gasteiger partial charge in [-0.1, -0.05) is 13.8 Å². The minimum atomic E-state index is -0.565. The van der Waals surface area contributed by atoms with Crippen LogP contribution < -0.4 is 5.73 Å². The van der Waals surface area contributed by atoms with Crippen molar-refractivity contribution >= 4 is 5.97 Å². The highest BCUT2D eigenvalue weighted by atomic mass is 16.5. The Morgan fingerprint density at radius 2 is 1.93 bits per heavy atom. The Bertz CT molecular complexity index is 173. The molecule has 0 saturated heterocycles. The van der Waals surface area contributed by atoms with Crippen LogP contribution in [0.3, 0.4) is 0 Å². The molecule has 0 aliphatic rings. The van der Waals surface area contributed by atoms with Crippen LogP contribution in [0.2, 0.25) is 0 Å². The van der Waals surface area contributed by atoms with Crippen LogP contribution in [-0.2, 0) is 9.53 Å². The van der Waals surface area contributed by atoms with Gasteiger partial charge in [-0.3, -0.25) is 4.79 Å². The van der Waals surface area contributed by atoms with Gasteiger partial charge in [0.25, 0.3) is 0 Å². The average Bonchev–Trinajstić information content (AvgIpc) is 2.03. The average molecular weight is 202 g/mol. The molecule has 14 heavy (non-hydrogen) atoms. The van der Waals surface area contributed by atoms with Gasteiger partial charge in [0, 0.05) is 6.04 Å². The van der Waals surface area contributed by atoms with Gasteiger partial charge >= 0.3 is 5.97 Å². The first kappa shape index (κ1) is 13.4. The van der Waals surface area contributed by atoms with E-state index in [0.29, 0.717) is 12.5 Å². The van der Waals surface area contributed by atoms with E-state index in [9.17, 15) is 4.79 Å². The Morgan fingerprint density at radius 1 is 1.43 bits per heavy atom. The third kappa shape index (κ3) is 3.64. The maximum absolute atomic E-state index is 11.4. The van der Waals surface area contributed by atoms with Gasteiger partial charge in [0.05, 0.1) is 6.61 Å². The Balaban J connectivity index is 4.43. The quantitative estimate of drug-likeness (QED) is 0.658. The van der Waals surface area contributed by atoms with Crippen LogP contribution in [0.25, 0.3) is 0 Å². The summed E-state index contributed by atoms with van der Waals surface area (Å²) in [7, 11) is 3.84. The zero-order valence-corrected chi connectivity index (χ0v) is 9.78. The van der Waals surface area contributed by atoms with Crippen molar-refractivity contribution in [2.45, 2.75) is 32.9 Å². The first-order valence-electron chi connectivity index (χ1n) is 5.00. The monoisotopic (exact) mass is 202 g/mol. The van der Waals surface area contributed by atoms with Gasteiger partial charge < -0.3 is 15.4 Å². The molecule has 0 aromatic rings. The fraction of sp³-hybridized carbons (Fsp3) is 0.900. The summed E-state index contributed by atoms with van der Waals surface area (Å²) in [6.07, 6.45) is 0. The molecule has 4 nitrogen and oxygen atoms in total. The molecule has 0 aromatic heterocycles. The number of carbonyl (C=O) groups is 1. The molecule has 0 spiro atoms. The van der Waals surface area contributed by atoms with E-state index >= 15 is 0 Å². The first-order valence-corrected chi connectivity index (χ1v) is 5.00. The van der Waals surface area contributed by atoms with E-state index in [2.05, 4.69) is 0 Å². The number of hydrogen-bond acceptors (Lipinski definition) is 4. The Kier molecular flexibility index (Phi) is 5.72. The van der Waals surface area contributed by atoms with Crippen molar-refractivity contribution in [3.63, 3.8) is 0 Å². The minimum absolute atomic E-state index is 0.0223. The summed E-state index contributed by atoms with van der Waals surface area (Å²) >= 11 is 0. The SMILES string of the molecule is CCOC(=O)[C@H](N)[C@@H](C(C)C)N(C)C. The topological polar surface area (TPSA) is 55.6 Å². The molecule has 0 saturated carbocycles. The number of likely N-dealkylation sites (N-methyl/N-ethyl adjacent to an activating group) is 1. The Hall–Kier alpha value is -0.610.